The zero-order chi connectivity index (χ0) is 19.3. The molecular formula is C20H13BrN4O2. The van der Waals surface area contributed by atoms with Crippen LogP contribution in [0, 0.1) is 29.6 Å². The number of hydrogen-bond donors (Lipinski definition) is 1. The minimum Gasteiger partial charge on any atom is -0.454 e. The Morgan fingerprint density at radius 2 is 2.00 bits per heavy atom. The van der Waals surface area contributed by atoms with Crippen LogP contribution in [0.15, 0.2) is 22.2 Å². The van der Waals surface area contributed by atoms with Crippen LogP contribution in [0.3, 0.4) is 0 Å². The molecule has 27 heavy (non-hydrogen) atoms. The maximum absolute atomic E-state index is 9.62. The van der Waals surface area contributed by atoms with E-state index in [-0.39, 0.29) is 12.6 Å². The molecule has 1 aromatic carbocycles. The van der Waals surface area contributed by atoms with Gasteiger partial charge >= 0.3 is 0 Å². The van der Waals surface area contributed by atoms with E-state index in [0.29, 0.717) is 28.3 Å². The highest BCUT2D eigenvalue weighted by atomic mass is 79.9. The fraction of sp³-hybridized carbons (Fsp3) is 0.150. The minimum atomic E-state index is 0.140. The van der Waals surface area contributed by atoms with Crippen molar-refractivity contribution in [2.24, 2.45) is 0 Å². The number of hydrogen-bond acceptors (Lipinski definition) is 6. The Hall–Kier alpha value is -3.29. The van der Waals surface area contributed by atoms with E-state index in [0.717, 1.165) is 32.3 Å². The van der Waals surface area contributed by atoms with Crippen LogP contribution in [0.2, 0.25) is 0 Å². The Morgan fingerprint density at radius 3 is 2.70 bits per heavy atom. The van der Waals surface area contributed by atoms with Crippen LogP contribution < -0.4 is 15.2 Å². The summed E-state index contributed by atoms with van der Waals surface area (Å²) < 4.78 is 11.7. The van der Waals surface area contributed by atoms with Crippen LogP contribution >= 0.6 is 15.9 Å². The van der Waals surface area contributed by atoms with Crippen molar-refractivity contribution in [2.75, 3.05) is 12.5 Å². The number of nitrogens with two attached hydrogens (primary N) is 1. The van der Waals surface area contributed by atoms with Gasteiger partial charge in [0.2, 0.25) is 6.79 Å². The molecule has 0 fully saturated rings. The van der Waals surface area contributed by atoms with Gasteiger partial charge in [-0.05, 0) is 70.3 Å². The summed E-state index contributed by atoms with van der Waals surface area (Å²) in [6.07, 6.45) is 1.96. The predicted octanol–water partition coefficient (Wildman–Crippen LogP) is 4.19. The number of benzene rings is 1. The van der Waals surface area contributed by atoms with Crippen molar-refractivity contribution in [3.63, 3.8) is 0 Å². The van der Waals surface area contributed by atoms with Gasteiger partial charge in [0.15, 0.2) is 11.5 Å². The Balaban J connectivity index is 1.97. The summed E-state index contributed by atoms with van der Waals surface area (Å²) in [6, 6.07) is 8.12. The second kappa shape index (κ2) is 6.15. The van der Waals surface area contributed by atoms with Crippen molar-refractivity contribution < 1.29 is 9.47 Å². The standard InChI is InChI=1S/C20H13BrN4O2/c1-9-12(3-11-4-15(21)19-16(5-11)26-8-27-19)17-10(2)14(7-23)20(24)25-18(17)13(9)6-22/h3-5H,8H2,1-2H3,(H2,24,25)/b12-3-. The number of aromatic nitrogens is 1. The first-order valence-electron chi connectivity index (χ1n) is 8.09. The maximum atomic E-state index is 9.62. The van der Waals surface area contributed by atoms with Gasteiger partial charge in [-0.25, -0.2) is 4.98 Å². The van der Waals surface area contributed by atoms with Gasteiger partial charge in [-0.15, -0.1) is 0 Å². The SMILES string of the molecule is CC1=C(C#N)c2nc(N)c(C#N)c(C)c2/C1=C\c1cc(Br)c2c(c1)OCO2. The molecular weight excluding hydrogens is 408 g/mol. The Bertz CT molecular complexity index is 1170. The van der Waals surface area contributed by atoms with E-state index >= 15 is 0 Å². The molecule has 0 bridgehead atoms. The van der Waals surface area contributed by atoms with Crippen LogP contribution in [0.1, 0.15) is 34.9 Å². The molecule has 7 heteroatoms. The first kappa shape index (κ1) is 17.1. The lowest BCUT2D eigenvalue weighted by molar-refractivity contribution is 0.173. The molecule has 1 aromatic heterocycles. The molecule has 6 nitrogen and oxygen atoms in total. The molecule has 0 unspecified atom stereocenters. The number of rotatable bonds is 1. The highest BCUT2D eigenvalue weighted by Crippen LogP contribution is 2.46. The third-order valence-electron chi connectivity index (χ3n) is 4.74. The second-order valence-electron chi connectivity index (χ2n) is 6.24. The second-order valence-corrected chi connectivity index (χ2v) is 7.09. The molecule has 1 aliphatic carbocycles. The average molecular weight is 421 g/mol. The molecule has 0 spiro atoms. The number of pyridine rings is 1. The van der Waals surface area contributed by atoms with E-state index in [4.69, 9.17) is 15.2 Å². The van der Waals surface area contributed by atoms with Crippen LogP contribution in [0.5, 0.6) is 11.5 Å². The molecule has 4 rings (SSSR count). The number of anilines is 1. The monoisotopic (exact) mass is 420 g/mol. The number of nitrogens with zero attached hydrogens (tertiary/aromatic N) is 3. The molecule has 0 atom stereocenters. The van der Waals surface area contributed by atoms with Gasteiger partial charge in [0.05, 0.1) is 21.3 Å². The van der Waals surface area contributed by atoms with Gasteiger partial charge in [-0.3, -0.25) is 0 Å². The third kappa shape index (κ3) is 2.48. The number of nitrogen functional groups attached to an aromatic ring is 1. The molecule has 0 amide bonds. The molecule has 1 aliphatic heterocycles. The highest BCUT2D eigenvalue weighted by Gasteiger charge is 2.30. The third-order valence-corrected chi connectivity index (χ3v) is 5.33. The van der Waals surface area contributed by atoms with Crippen molar-refractivity contribution in [3.8, 4) is 23.6 Å². The molecule has 2 N–H and O–H groups in total. The summed E-state index contributed by atoms with van der Waals surface area (Å²) in [5, 5.41) is 19.1. The molecule has 0 saturated carbocycles. The maximum Gasteiger partial charge on any atom is 0.231 e. The van der Waals surface area contributed by atoms with Crippen molar-refractivity contribution >= 4 is 39.0 Å². The van der Waals surface area contributed by atoms with E-state index in [1.165, 1.54) is 0 Å². The largest absolute Gasteiger partial charge is 0.454 e. The number of allylic oxidation sites excluding steroid dienone is 3. The zero-order valence-electron chi connectivity index (χ0n) is 14.6. The van der Waals surface area contributed by atoms with Crippen LogP contribution in [0.4, 0.5) is 5.82 Å². The summed E-state index contributed by atoms with van der Waals surface area (Å²) in [6.45, 7) is 3.88. The highest BCUT2D eigenvalue weighted by molar-refractivity contribution is 9.10. The zero-order valence-corrected chi connectivity index (χ0v) is 16.1. The Kier molecular flexibility index (Phi) is 3.91. The Labute approximate surface area is 164 Å². The normalized spacial score (nSPS) is 15.7. The van der Waals surface area contributed by atoms with E-state index < -0.39 is 0 Å². The smallest absolute Gasteiger partial charge is 0.231 e. The lowest BCUT2D eigenvalue weighted by Gasteiger charge is -2.11. The first-order valence-corrected chi connectivity index (χ1v) is 8.88. The van der Waals surface area contributed by atoms with Crippen molar-refractivity contribution in [1.82, 2.24) is 4.98 Å². The fourth-order valence-electron chi connectivity index (χ4n) is 3.43. The lowest BCUT2D eigenvalue weighted by Crippen LogP contribution is -2.03. The lowest BCUT2D eigenvalue weighted by atomic mass is 9.95. The fourth-order valence-corrected chi connectivity index (χ4v) is 4.01. The number of nitriles is 2. The predicted molar refractivity (Wildman–Crippen MR) is 104 cm³/mol. The van der Waals surface area contributed by atoms with Crippen LogP contribution in [0.25, 0.3) is 17.2 Å². The number of halogens is 1. The molecule has 0 saturated heterocycles. The first-order chi connectivity index (χ1) is 13.0. The molecule has 0 radical (unpaired) electrons. The van der Waals surface area contributed by atoms with Crippen molar-refractivity contribution in [3.05, 3.63) is 50.1 Å². The van der Waals surface area contributed by atoms with Gasteiger partial charge < -0.3 is 15.2 Å². The quantitative estimate of drug-likeness (QED) is 0.741. The van der Waals surface area contributed by atoms with Crippen LogP contribution in [-0.2, 0) is 0 Å². The molecule has 2 aliphatic rings. The molecule has 132 valence electrons. The summed E-state index contributed by atoms with van der Waals surface area (Å²) in [5.41, 5.74) is 11.2. The summed E-state index contributed by atoms with van der Waals surface area (Å²) in [7, 11) is 0. The van der Waals surface area contributed by atoms with Gasteiger partial charge in [0.1, 0.15) is 18.0 Å². The minimum absolute atomic E-state index is 0.140. The summed E-state index contributed by atoms with van der Waals surface area (Å²) in [4.78, 5) is 4.34. The van der Waals surface area contributed by atoms with E-state index in [2.05, 4.69) is 33.1 Å². The van der Waals surface area contributed by atoms with Gasteiger partial charge in [-0.2, -0.15) is 10.5 Å². The van der Waals surface area contributed by atoms with Crippen molar-refractivity contribution in [2.45, 2.75) is 13.8 Å². The van der Waals surface area contributed by atoms with Crippen LogP contribution in [-0.4, -0.2) is 11.8 Å². The number of fused-ring (bicyclic) bond motifs is 2. The molecule has 2 heterocycles. The van der Waals surface area contributed by atoms with E-state index in [1.807, 2.05) is 32.1 Å². The summed E-state index contributed by atoms with van der Waals surface area (Å²) >= 11 is 3.50. The van der Waals surface area contributed by atoms with Gasteiger partial charge in [0, 0.05) is 5.56 Å². The topological polar surface area (TPSA) is 105 Å². The molecule has 2 aromatic rings. The summed E-state index contributed by atoms with van der Waals surface area (Å²) in [5.74, 6) is 1.47. The number of ether oxygens (including phenoxy) is 2. The average Bonchev–Trinajstić information content (AvgIpc) is 3.19. The van der Waals surface area contributed by atoms with Gasteiger partial charge in [0.25, 0.3) is 0 Å². The van der Waals surface area contributed by atoms with E-state index in [9.17, 15) is 10.5 Å². The van der Waals surface area contributed by atoms with Crippen molar-refractivity contribution in [1.29, 1.82) is 10.5 Å². The van der Waals surface area contributed by atoms with E-state index in [1.54, 1.807) is 0 Å². The Morgan fingerprint density at radius 1 is 1.22 bits per heavy atom. The van der Waals surface area contributed by atoms with Gasteiger partial charge in [-0.1, -0.05) is 0 Å².